The number of halogens is 1. The number of amides is 3. The van der Waals surface area contributed by atoms with Crippen molar-refractivity contribution in [3.63, 3.8) is 0 Å². The molecule has 3 heterocycles. The van der Waals surface area contributed by atoms with E-state index in [1.165, 1.54) is 11.1 Å². The van der Waals surface area contributed by atoms with Gasteiger partial charge in [0.05, 0.1) is 6.33 Å². The van der Waals surface area contributed by atoms with Crippen LogP contribution in [0.4, 0.5) is 4.79 Å². The molecule has 3 amide bonds. The smallest absolute Gasteiger partial charge is 0.323 e. The van der Waals surface area contributed by atoms with Gasteiger partial charge < -0.3 is 14.4 Å². The maximum Gasteiger partial charge on any atom is 0.323 e. The summed E-state index contributed by atoms with van der Waals surface area (Å²) in [5, 5.41) is 3.44. The van der Waals surface area contributed by atoms with Crippen LogP contribution in [-0.4, -0.2) is 56.8 Å². The van der Waals surface area contributed by atoms with E-state index in [0.29, 0.717) is 30.5 Å². The molecule has 0 spiro atoms. The van der Waals surface area contributed by atoms with Gasteiger partial charge in [-0.2, -0.15) is 0 Å². The molecule has 0 aliphatic carbocycles. The molecule has 2 aromatic carbocycles. The van der Waals surface area contributed by atoms with Crippen LogP contribution in [0.1, 0.15) is 29.2 Å². The van der Waals surface area contributed by atoms with E-state index < -0.39 is 6.04 Å². The van der Waals surface area contributed by atoms with Crippen LogP contribution in [0, 0.1) is 0 Å². The van der Waals surface area contributed by atoms with E-state index in [0.717, 1.165) is 24.9 Å². The number of hydrogen-bond donors (Lipinski definition) is 1. The Balaban J connectivity index is 1.32. The van der Waals surface area contributed by atoms with Crippen molar-refractivity contribution in [3.8, 4) is 0 Å². The van der Waals surface area contributed by atoms with Crippen LogP contribution in [0.5, 0.6) is 0 Å². The number of nitrogens with one attached hydrogen (secondary N) is 1. The number of nitrogens with zero attached hydrogens (tertiary/aromatic N) is 5. The van der Waals surface area contributed by atoms with Gasteiger partial charge in [-0.3, -0.25) is 15.1 Å². The van der Waals surface area contributed by atoms with E-state index in [-0.39, 0.29) is 18.5 Å². The zero-order valence-corrected chi connectivity index (χ0v) is 20.1. The largest absolute Gasteiger partial charge is 0.337 e. The van der Waals surface area contributed by atoms with Crippen LogP contribution in [0.15, 0.2) is 72.2 Å². The molecule has 180 valence electrons. The number of hydrogen-bond acceptors (Lipinski definition) is 4. The topological polar surface area (TPSA) is 82.8 Å². The number of aromatic nitrogens is 2. The van der Waals surface area contributed by atoms with E-state index in [2.05, 4.69) is 27.4 Å². The highest BCUT2D eigenvalue weighted by Gasteiger charge is 2.38. The van der Waals surface area contributed by atoms with Crippen molar-refractivity contribution in [1.82, 2.24) is 24.7 Å². The molecule has 2 aliphatic rings. The molecule has 1 aromatic heterocycles. The van der Waals surface area contributed by atoms with Gasteiger partial charge in [0, 0.05) is 49.2 Å². The highest BCUT2D eigenvalue weighted by molar-refractivity contribution is 6.31. The second-order valence-electron chi connectivity index (χ2n) is 8.74. The molecule has 1 atom stereocenters. The molecular weight excluding hydrogens is 464 g/mol. The lowest BCUT2D eigenvalue weighted by Gasteiger charge is -2.28. The first-order valence-electron chi connectivity index (χ1n) is 11.8. The molecule has 9 heteroatoms. The molecule has 1 fully saturated rings. The zero-order chi connectivity index (χ0) is 24.2. The van der Waals surface area contributed by atoms with E-state index in [4.69, 9.17) is 11.6 Å². The molecule has 0 bridgehead atoms. The summed E-state index contributed by atoms with van der Waals surface area (Å²) in [6.07, 6.45) is 6.96. The Morgan fingerprint density at radius 2 is 1.91 bits per heavy atom. The lowest BCUT2D eigenvalue weighted by Crippen LogP contribution is -2.37. The van der Waals surface area contributed by atoms with Crippen molar-refractivity contribution < 1.29 is 9.59 Å². The molecule has 3 aromatic rings. The molecule has 0 radical (unpaired) electrons. The maximum atomic E-state index is 13.0. The lowest BCUT2D eigenvalue weighted by atomic mass is 10.00. The van der Waals surface area contributed by atoms with Crippen molar-refractivity contribution in [2.24, 2.45) is 4.99 Å². The van der Waals surface area contributed by atoms with Gasteiger partial charge in [0.15, 0.2) is 0 Å². The predicted molar refractivity (Wildman–Crippen MR) is 134 cm³/mol. The third-order valence-electron chi connectivity index (χ3n) is 6.51. The SMILES string of the molecule is O=C(CN=C1NC(=O)N(CCCn2ccnc2)C1c1ccccc1Cl)N1CCc2ccccc2C1. The number of fused-ring (bicyclic) bond motifs is 1. The van der Waals surface area contributed by atoms with Crippen LogP contribution in [0.3, 0.4) is 0 Å². The van der Waals surface area contributed by atoms with Crippen LogP contribution < -0.4 is 5.32 Å². The summed E-state index contributed by atoms with van der Waals surface area (Å²) in [5.41, 5.74) is 3.25. The van der Waals surface area contributed by atoms with Crippen LogP contribution in [0.25, 0.3) is 0 Å². The first kappa shape index (κ1) is 23.1. The summed E-state index contributed by atoms with van der Waals surface area (Å²) < 4.78 is 1.98. The average Bonchev–Trinajstić information content (AvgIpc) is 3.50. The summed E-state index contributed by atoms with van der Waals surface area (Å²) in [7, 11) is 0. The highest BCUT2D eigenvalue weighted by Crippen LogP contribution is 2.32. The monoisotopic (exact) mass is 490 g/mol. The molecule has 0 saturated carbocycles. The van der Waals surface area contributed by atoms with Crippen LogP contribution >= 0.6 is 11.6 Å². The Morgan fingerprint density at radius 1 is 1.11 bits per heavy atom. The van der Waals surface area contributed by atoms with Crippen LogP contribution in [-0.2, 0) is 24.3 Å². The standard InChI is InChI=1S/C26H27ClN6O2/c27-22-9-4-3-8-21(22)24-25(30-26(35)33(24)13-5-12-31-15-11-28-18-31)29-16-23(34)32-14-10-19-6-1-2-7-20(19)17-32/h1-4,6-9,11,15,18,24H,5,10,12-14,16-17H2,(H,29,30,35). The molecule has 2 aliphatic heterocycles. The summed E-state index contributed by atoms with van der Waals surface area (Å²) in [6, 6.07) is 14.9. The van der Waals surface area contributed by atoms with Gasteiger partial charge in [0.1, 0.15) is 18.4 Å². The number of imidazole rings is 1. The van der Waals surface area contributed by atoms with E-state index >= 15 is 0 Å². The van der Waals surface area contributed by atoms with Gasteiger partial charge in [-0.25, -0.2) is 9.78 Å². The third kappa shape index (κ3) is 5.07. The number of carbonyl (C=O) groups excluding carboxylic acids is 2. The second-order valence-corrected chi connectivity index (χ2v) is 9.14. The van der Waals surface area contributed by atoms with Gasteiger partial charge >= 0.3 is 6.03 Å². The van der Waals surface area contributed by atoms with E-state index in [1.807, 2.05) is 46.0 Å². The van der Waals surface area contributed by atoms with Gasteiger partial charge in [-0.1, -0.05) is 54.1 Å². The average molecular weight is 491 g/mol. The maximum absolute atomic E-state index is 13.0. The quantitative estimate of drug-likeness (QED) is 0.548. The Kier molecular flexibility index (Phi) is 6.81. The number of urea groups is 1. The molecule has 1 unspecified atom stereocenters. The van der Waals surface area contributed by atoms with Crippen molar-refractivity contribution in [2.75, 3.05) is 19.6 Å². The third-order valence-corrected chi connectivity index (χ3v) is 6.85. The fraction of sp³-hybridized carbons (Fsp3) is 0.308. The van der Waals surface area contributed by atoms with Gasteiger partial charge in [-0.05, 0) is 30.0 Å². The minimum atomic E-state index is -0.464. The Hall–Kier alpha value is -3.65. The molecule has 1 saturated heterocycles. The van der Waals surface area contributed by atoms with Crippen molar-refractivity contribution in [2.45, 2.75) is 32.0 Å². The number of aryl methyl sites for hydroxylation is 1. The first-order valence-corrected chi connectivity index (χ1v) is 12.1. The van der Waals surface area contributed by atoms with Gasteiger partial charge in [-0.15, -0.1) is 0 Å². The first-order chi connectivity index (χ1) is 17.1. The summed E-state index contributed by atoms with van der Waals surface area (Å²) in [5.74, 6) is 0.397. The number of carbonyl (C=O) groups is 2. The molecule has 8 nitrogen and oxygen atoms in total. The second kappa shape index (κ2) is 10.3. The molecule has 1 N–H and O–H groups in total. The molecular formula is C26H27ClN6O2. The normalized spacial score (nSPS) is 18.6. The summed E-state index contributed by atoms with van der Waals surface area (Å²) in [6.45, 7) is 2.47. The minimum Gasteiger partial charge on any atom is -0.337 e. The summed E-state index contributed by atoms with van der Waals surface area (Å²) >= 11 is 6.52. The van der Waals surface area contributed by atoms with Crippen molar-refractivity contribution in [3.05, 3.63) is 89.0 Å². The van der Waals surface area contributed by atoms with E-state index in [1.54, 1.807) is 23.5 Å². The number of benzene rings is 2. The molecule has 5 rings (SSSR count). The Bertz CT molecular complexity index is 1240. The Labute approximate surface area is 209 Å². The number of aliphatic imine (C=N–C) groups is 1. The van der Waals surface area contributed by atoms with Gasteiger partial charge in [0.2, 0.25) is 5.91 Å². The lowest BCUT2D eigenvalue weighted by molar-refractivity contribution is -0.130. The minimum absolute atomic E-state index is 0.0262. The number of rotatable bonds is 7. The number of amidine groups is 1. The van der Waals surface area contributed by atoms with Crippen molar-refractivity contribution >= 4 is 29.4 Å². The predicted octanol–water partition coefficient (Wildman–Crippen LogP) is 3.68. The highest BCUT2D eigenvalue weighted by atomic mass is 35.5. The van der Waals surface area contributed by atoms with Crippen LogP contribution in [0.2, 0.25) is 5.02 Å². The Morgan fingerprint density at radius 3 is 2.71 bits per heavy atom. The fourth-order valence-electron chi connectivity index (χ4n) is 4.69. The fourth-order valence-corrected chi connectivity index (χ4v) is 4.93. The van der Waals surface area contributed by atoms with Crippen molar-refractivity contribution in [1.29, 1.82) is 0 Å². The zero-order valence-electron chi connectivity index (χ0n) is 19.3. The van der Waals surface area contributed by atoms with E-state index in [9.17, 15) is 9.59 Å². The molecule has 35 heavy (non-hydrogen) atoms. The summed E-state index contributed by atoms with van der Waals surface area (Å²) in [4.78, 5) is 38.1. The van der Waals surface area contributed by atoms with Gasteiger partial charge in [0.25, 0.3) is 0 Å².